The van der Waals surface area contributed by atoms with Crippen LogP contribution in [-0.2, 0) is 10.2 Å². The zero-order chi connectivity index (χ0) is 17.2. The fourth-order valence-electron chi connectivity index (χ4n) is 3.32. The van der Waals surface area contributed by atoms with Crippen LogP contribution in [-0.4, -0.2) is 31.4 Å². The van der Waals surface area contributed by atoms with Gasteiger partial charge < -0.3 is 10.2 Å². The Morgan fingerprint density at radius 1 is 1.29 bits per heavy atom. The van der Waals surface area contributed by atoms with Crippen molar-refractivity contribution in [3.8, 4) is 0 Å². The van der Waals surface area contributed by atoms with Crippen LogP contribution in [0.3, 0.4) is 0 Å². The monoisotopic (exact) mass is 362 g/mol. The summed E-state index contributed by atoms with van der Waals surface area (Å²) in [5.41, 5.74) is 0.699. The Balaban J connectivity index is 1.72. The zero-order valence-corrected chi connectivity index (χ0v) is 15.7. The number of likely N-dealkylation sites (N-methyl/N-ethyl adjacent to an activating group) is 1. The third-order valence-corrected chi connectivity index (χ3v) is 6.22. The molecule has 3 nitrogen and oxygen atoms in total. The van der Waals surface area contributed by atoms with Crippen LogP contribution in [0, 0.1) is 0 Å². The van der Waals surface area contributed by atoms with Gasteiger partial charge in [-0.15, -0.1) is 11.3 Å². The van der Waals surface area contributed by atoms with E-state index in [0.717, 1.165) is 24.8 Å². The first kappa shape index (κ1) is 17.5. The third-order valence-electron chi connectivity index (χ3n) is 4.99. The van der Waals surface area contributed by atoms with E-state index in [1.807, 2.05) is 24.3 Å². The maximum Gasteiger partial charge on any atom is 0.230 e. The molecule has 1 N–H and O–H groups in total. The van der Waals surface area contributed by atoms with Gasteiger partial charge in [-0.2, -0.15) is 0 Å². The Morgan fingerprint density at radius 2 is 2.00 bits per heavy atom. The van der Waals surface area contributed by atoms with Crippen molar-refractivity contribution in [3.05, 3.63) is 57.2 Å². The number of thiophene rings is 1. The van der Waals surface area contributed by atoms with Crippen molar-refractivity contribution in [2.24, 2.45) is 0 Å². The van der Waals surface area contributed by atoms with E-state index in [1.54, 1.807) is 11.3 Å². The lowest BCUT2D eigenvalue weighted by molar-refractivity contribution is -0.130. The van der Waals surface area contributed by atoms with Crippen LogP contribution in [0.2, 0.25) is 5.02 Å². The number of amides is 1. The van der Waals surface area contributed by atoms with E-state index in [-0.39, 0.29) is 17.4 Å². The Kier molecular flexibility index (Phi) is 5.28. The molecule has 1 aliphatic rings. The quantitative estimate of drug-likeness (QED) is 0.833. The molecule has 128 valence electrons. The third kappa shape index (κ3) is 3.37. The van der Waals surface area contributed by atoms with Crippen LogP contribution < -0.4 is 5.32 Å². The molecule has 1 amide bonds. The number of rotatable bonds is 6. The number of halogens is 1. The fraction of sp³-hybridized carbons (Fsp3) is 0.421. The fourth-order valence-corrected chi connectivity index (χ4v) is 4.37. The molecule has 0 radical (unpaired) electrons. The molecule has 1 aromatic heterocycles. The molecule has 1 unspecified atom stereocenters. The normalized spacial score (nSPS) is 17.3. The molecule has 1 aliphatic carbocycles. The summed E-state index contributed by atoms with van der Waals surface area (Å²) in [6, 6.07) is 12.1. The summed E-state index contributed by atoms with van der Waals surface area (Å²) in [7, 11) is 4.10. The first-order chi connectivity index (χ1) is 11.5. The van der Waals surface area contributed by atoms with E-state index in [0.29, 0.717) is 11.6 Å². The first-order valence-electron chi connectivity index (χ1n) is 8.27. The van der Waals surface area contributed by atoms with Gasteiger partial charge in [0.1, 0.15) is 0 Å². The Labute approximate surface area is 152 Å². The summed E-state index contributed by atoms with van der Waals surface area (Å²) in [5, 5.41) is 5.99. The van der Waals surface area contributed by atoms with Gasteiger partial charge in [-0.05, 0) is 56.1 Å². The lowest BCUT2D eigenvalue weighted by Crippen LogP contribution is -2.50. The number of benzene rings is 1. The predicted octanol–water partition coefficient (Wildman–Crippen LogP) is 4.24. The summed E-state index contributed by atoms with van der Waals surface area (Å²) in [6.45, 7) is 0.627. The molecule has 0 aliphatic heterocycles. The Hall–Kier alpha value is -1.36. The average Bonchev–Trinajstić information content (AvgIpc) is 3.02. The van der Waals surface area contributed by atoms with Gasteiger partial charge >= 0.3 is 0 Å². The highest BCUT2D eigenvalue weighted by Gasteiger charge is 2.45. The molecule has 0 bridgehead atoms. The lowest BCUT2D eigenvalue weighted by Gasteiger charge is -2.41. The van der Waals surface area contributed by atoms with Crippen LogP contribution in [0.1, 0.15) is 35.7 Å². The molecule has 0 saturated heterocycles. The summed E-state index contributed by atoms with van der Waals surface area (Å²) in [6.07, 6.45) is 2.91. The minimum Gasteiger partial charge on any atom is -0.353 e. The van der Waals surface area contributed by atoms with Gasteiger partial charge in [0.15, 0.2) is 0 Å². The van der Waals surface area contributed by atoms with Crippen LogP contribution in [0.15, 0.2) is 41.8 Å². The van der Waals surface area contributed by atoms with Gasteiger partial charge in [-0.25, -0.2) is 0 Å². The topological polar surface area (TPSA) is 32.3 Å². The highest BCUT2D eigenvalue weighted by Crippen LogP contribution is 2.44. The molecule has 1 atom stereocenters. The summed E-state index contributed by atoms with van der Waals surface area (Å²) in [4.78, 5) is 16.4. The number of nitrogens with zero attached hydrogens (tertiary/aromatic N) is 1. The standard InChI is InChI=1S/C19H23ClN2OS/c1-22(2)16(17-5-3-12-24-17)13-21-18(23)19(10-4-11-19)14-6-8-15(20)9-7-14/h3,5-9,12,16H,4,10-11,13H2,1-2H3,(H,21,23). The smallest absolute Gasteiger partial charge is 0.230 e. The molecule has 2 aromatic rings. The predicted molar refractivity (Wildman–Crippen MR) is 101 cm³/mol. The van der Waals surface area contributed by atoms with Crippen molar-refractivity contribution >= 4 is 28.8 Å². The largest absolute Gasteiger partial charge is 0.353 e. The van der Waals surface area contributed by atoms with Crippen molar-refractivity contribution in [1.29, 1.82) is 0 Å². The minimum absolute atomic E-state index is 0.138. The van der Waals surface area contributed by atoms with E-state index in [4.69, 9.17) is 11.6 Å². The second-order valence-corrected chi connectivity index (χ2v) is 8.06. The SMILES string of the molecule is CN(C)C(CNC(=O)C1(c2ccc(Cl)cc2)CCC1)c1cccs1. The molecule has 1 fully saturated rings. The van der Waals surface area contributed by atoms with Crippen molar-refractivity contribution < 1.29 is 4.79 Å². The van der Waals surface area contributed by atoms with Crippen LogP contribution >= 0.6 is 22.9 Å². The van der Waals surface area contributed by atoms with Crippen molar-refractivity contribution in [1.82, 2.24) is 10.2 Å². The highest BCUT2D eigenvalue weighted by molar-refractivity contribution is 7.10. The van der Waals surface area contributed by atoms with Gasteiger partial charge in [-0.1, -0.05) is 36.2 Å². The van der Waals surface area contributed by atoms with Gasteiger partial charge in [0.25, 0.3) is 0 Å². The number of carbonyl (C=O) groups excluding carboxylic acids is 1. The molecule has 1 aromatic carbocycles. The van der Waals surface area contributed by atoms with Crippen LogP contribution in [0.5, 0.6) is 0 Å². The van der Waals surface area contributed by atoms with E-state index in [2.05, 4.69) is 41.8 Å². The highest BCUT2D eigenvalue weighted by atomic mass is 35.5. The lowest BCUT2D eigenvalue weighted by atomic mass is 9.64. The molecular weight excluding hydrogens is 340 g/mol. The van der Waals surface area contributed by atoms with E-state index in [9.17, 15) is 4.79 Å². The average molecular weight is 363 g/mol. The van der Waals surface area contributed by atoms with Gasteiger partial charge in [0, 0.05) is 16.4 Å². The van der Waals surface area contributed by atoms with Gasteiger partial charge in [-0.3, -0.25) is 4.79 Å². The van der Waals surface area contributed by atoms with E-state index >= 15 is 0 Å². The number of nitrogens with one attached hydrogen (secondary N) is 1. The molecule has 24 heavy (non-hydrogen) atoms. The number of hydrogen-bond acceptors (Lipinski definition) is 3. The Morgan fingerprint density at radius 3 is 2.50 bits per heavy atom. The second-order valence-electron chi connectivity index (χ2n) is 6.65. The Bertz CT molecular complexity index is 678. The number of carbonyl (C=O) groups is 1. The summed E-state index contributed by atoms with van der Waals surface area (Å²) < 4.78 is 0. The van der Waals surface area contributed by atoms with Crippen LogP contribution in [0.25, 0.3) is 0 Å². The maximum atomic E-state index is 13.0. The summed E-state index contributed by atoms with van der Waals surface area (Å²) in [5.74, 6) is 0.138. The molecule has 1 saturated carbocycles. The second kappa shape index (κ2) is 7.26. The number of hydrogen-bond donors (Lipinski definition) is 1. The summed E-state index contributed by atoms with van der Waals surface area (Å²) >= 11 is 7.72. The molecule has 1 heterocycles. The zero-order valence-electron chi connectivity index (χ0n) is 14.1. The van der Waals surface area contributed by atoms with Crippen molar-refractivity contribution in [2.75, 3.05) is 20.6 Å². The first-order valence-corrected chi connectivity index (χ1v) is 9.53. The van der Waals surface area contributed by atoms with Crippen molar-refractivity contribution in [3.63, 3.8) is 0 Å². The molecular formula is C19H23ClN2OS. The van der Waals surface area contributed by atoms with Crippen LogP contribution in [0.4, 0.5) is 0 Å². The minimum atomic E-state index is -0.378. The molecule has 3 rings (SSSR count). The maximum absolute atomic E-state index is 13.0. The van der Waals surface area contributed by atoms with Gasteiger partial charge in [0.2, 0.25) is 5.91 Å². The molecule has 0 spiro atoms. The van der Waals surface area contributed by atoms with E-state index < -0.39 is 0 Å². The molecule has 5 heteroatoms. The van der Waals surface area contributed by atoms with Crippen molar-refractivity contribution in [2.45, 2.75) is 30.7 Å². The van der Waals surface area contributed by atoms with E-state index in [1.165, 1.54) is 4.88 Å². The van der Waals surface area contributed by atoms with Gasteiger partial charge in [0.05, 0.1) is 11.5 Å².